The van der Waals surface area contributed by atoms with Crippen LogP contribution in [0.5, 0.6) is 0 Å². The van der Waals surface area contributed by atoms with Crippen molar-refractivity contribution in [2.75, 3.05) is 0 Å². The van der Waals surface area contributed by atoms with Crippen molar-refractivity contribution in [1.29, 1.82) is 0 Å². The van der Waals surface area contributed by atoms with E-state index in [4.69, 9.17) is 4.79 Å². The van der Waals surface area contributed by atoms with Crippen LogP contribution in [-0.4, -0.2) is 6.29 Å². The van der Waals surface area contributed by atoms with E-state index in [-0.39, 0.29) is 32.7 Å². The molecule has 0 aliphatic carbocycles. The fourth-order valence-corrected chi connectivity index (χ4v) is 0.0481. The SMILES string of the molecule is CC.[CH2-]C=C[C-]=O.[Y]. The summed E-state index contributed by atoms with van der Waals surface area (Å²) in [6.45, 7) is 7.23. The van der Waals surface area contributed by atoms with Crippen LogP contribution in [0.1, 0.15) is 13.8 Å². The molecule has 0 saturated heterocycles. The van der Waals surface area contributed by atoms with E-state index >= 15 is 0 Å². The molecule has 0 fully saturated rings. The number of hydrogen-bond donors (Lipinski definition) is 0. The number of carbonyl (C=O) groups excluding carboxylic acids is 1. The molecule has 0 aromatic carbocycles. The van der Waals surface area contributed by atoms with Crippen LogP contribution in [0.4, 0.5) is 0 Å². The Labute approximate surface area is 76.4 Å². The first kappa shape index (κ1) is 15.8. The average Bonchev–Trinajstić information content (AvgIpc) is 1.75. The Morgan fingerprint density at radius 2 is 1.88 bits per heavy atom. The van der Waals surface area contributed by atoms with E-state index in [1.165, 1.54) is 18.4 Å². The molecule has 0 aromatic rings. The minimum Gasteiger partial charge on any atom is -0.440 e. The second kappa shape index (κ2) is 26.3. The Hall–Kier alpha value is 0.384. The predicted octanol–water partition coefficient (Wildman–Crippen LogP) is 1.51. The van der Waals surface area contributed by atoms with Crippen molar-refractivity contribution < 1.29 is 37.5 Å². The van der Waals surface area contributed by atoms with Gasteiger partial charge in [0.1, 0.15) is 0 Å². The molecule has 0 bridgehead atoms. The molecule has 0 unspecified atom stereocenters. The van der Waals surface area contributed by atoms with Crippen molar-refractivity contribution in [3.63, 3.8) is 0 Å². The Bertz CT molecular complexity index is 50.5. The summed E-state index contributed by atoms with van der Waals surface area (Å²) in [5.74, 6) is 0. The average molecular weight is 187 g/mol. The van der Waals surface area contributed by atoms with Crippen molar-refractivity contribution in [1.82, 2.24) is 0 Å². The van der Waals surface area contributed by atoms with E-state index in [9.17, 15) is 0 Å². The summed E-state index contributed by atoms with van der Waals surface area (Å²) < 4.78 is 0. The molecule has 0 aromatic heterocycles. The van der Waals surface area contributed by atoms with Gasteiger partial charge in [0.05, 0.1) is 0 Å². The van der Waals surface area contributed by atoms with E-state index < -0.39 is 0 Å². The maximum absolute atomic E-state index is 9.15. The van der Waals surface area contributed by atoms with Crippen molar-refractivity contribution in [2.24, 2.45) is 0 Å². The molecule has 0 spiro atoms. The third-order valence-electron chi connectivity index (χ3n) is 0.186. The second-order valence-electron chi connectivity index (χ2n) is 0.520. The van der Waals surface area contributed by atoms with Gasteiger partial charge in [-0.2, -0.15) is 0 Å². The van der Waals surface area contributed by atoms with E-state index in [0.717, 1.165) is 0 Å². The normalized spacial score (nSPS) is 6.25. The van der Waals surface area contributed by atoms with Gasteiger partial charge in [0.25, 0.3) is 0 Å². The second-order valence-corrected chi connectivity index (χ2v) is 0.520. The molecule has 1 radical (unpaired) electrons. The van der Waals surface area contributed by atoms with E-state index in [2.05, 4.69) is 6.92 Å². The van der Waals surface area contributed by atoms with Crippen LogP contribution in [0.3, 0.4) is 0 Å². The summed E-state index contributed by atoms with van der Waals surface area (Å²) in [5, 5.41) is 0. The number of hydrogen-bond acceptors (Lipinski definition) is 1. The monoisotopic (exact) mass is 187 g/mol. The fourth-order valence-electron chi connectivity index (χ4n) is 0.0481. The molecule has 0 rings (SSSR count). The van der Waals surface area contributed by atoms with Gasteiger partial charge >= 0.3 is 0 Å². The molecule has 8 heavy (non-hydrogen) atoms. The van der Waals surface area contributed by atoms with Gasteiger partial charge in [-0.05, 0) is 0 Å². The van der Waals surface area contributed by atoms with Gasteiger partial charge in [0.2, 0.25) is 0 Å². The first-order chi connectivity index (χ1) is 3.41. The standard InChI is InChI=1S/C4H4O.C2H6.Y/c1-2-3-4-5;1-2;/h2-3H,1H2;1-2H3;/q-2;;. The first-order valence-corrected chi connectivity index (χ1v) is 2.23. The van der Waals surface area contributed by atoms with Crippen LogP contribution in [0.25, 0.3) is 0 Å². The summed E-state index contributed by atoms with van der Waals surface area (Å²) in [6, 6.07) is 0. The predicted molar refractivity (Wildman–Crippen MR) is 31.5 cm³/mol. The van der Waals surface area contributed by atoms with Gasteiger partial charge in [-0.15, -0.1) is 6.29 Å². The summed E-state index contributed by atoms with van der Waals surface area (Å²) in [4.78, 5) is 9.15. The van der Waals surface area contributed by atoms with Crippen molar-refractivity contribution in [3.05, 3.63) is 19.1 Å². The van der Waals surface area contributed by atoms with Crippen LogP contribution in [-0.2, 0) is 37.5 Å². The zero-order valence-corrected chi connectivity index (χ0v) is 8.19. The van der Waals surface area contributed by atoms with Crippen LogP contribution in [0, 0.1) is 6.92 Å². The van der Waals surface area contributed by atoms with Crippen LogP contribution >= 0.6 is 0 Å². The van der Waals surface area contributed by atoms with Gasteiger partial charge in [0.15, 0.2) is 0 Å². The number of rotatable bonds is 1. The van der Waals surface area contributed by atoms with E-state index in [1.807, 2.05) is 13.8 Å². The molecule has 2 heteroatoms. The molecule has 0 aliphatic rings. The van der Waals surface area contributed by atoms with Gasteiger partial charge in [-0.1, -0.05) is 13.8 Å². The minimum absolute atomic E-state index is 0. The fraction of sp³-hybridized carbons (Fsp3) is 0.333. The third-order valence-corrected chi connectivity index (χ3v) is 0.186. The topological polar surface area (TPSA) is 17.1 Å². The molecule has 0 N–H and O–H groups in total. The maximum atomic E-state index is 9.15. The summed E-state index contributed by atoms with van der Waals surface area (Å²) in [7, 11) is 0. The van der Waals surface area contributed by atoms with Crippen molar-refractivity contribution >= 4 is 6.29 Å². The van der Waals surface area contributed by atoms with Crippen molar-refractivity contribution in [2.45, 2.75) is 13.8 Å². The Morgan fingerprint density at radius 1 is 1.50 bits per heavy atom. The molecular weight excluding hydrogens is 177 g/mol. The Morgan fingerprint density at radius 3 is 1.88 bits per heavy atom. The largest absolute Gasteiger partial charge is 0.440 e. The molecule has 0 saturated carbocycles. The zero-order chi connectivity index (χ0) is 6.12. The van der Waals surface area contributed by atoms with Gasteiger partial charge in [-0.25, -0.2) is 0 Å². The van der Waals surface area contributed by atoms with Gasteiger partial charge in [-0.3, -0.25) is 0 Å². The Balaban J connectivity index is -0.0000000750. The van der Waals surface area contributed by atoms with Crippen molar-refractivity contribution in [3.8, 4) is 0 Å². The van der Waals surface area contributed by atoms with Gasteiger partial charge < -0.3 is 23.9 Å². The molecule has 0 atom stereocenters. The minimum atomic E-state index is 0. The van der Waals surface area contributed by atoms with E-state index in [1.54, 1.807) is 0 Å². The molecule has 0 aliphatic heterocycles. The smallest absolute Gasteiger partial charge is 0 e. The summed E-state index contributed by atoms with van der Waals surface area (Å²) >= 11 is 0. The molecule has 0 heterocycles. The Kier molecular flexibility index (Phi) is 51.8. The molecule has 0 amide bonds. The van der Waals surface area contributed by atoms with Crippen LogP contribution in [0.2, 0.25) is 0 Å². The third kappa shape index (κ3) is 32.6. The van der Waals surface area contributed by atoms with E-state index in [0.29, 0.717) is 0 Å². The zero-order valence-electron chi connectivity index (χ0n) is 5.35. The molecule has 1 nitrogen and oxygen atoms in total. The van der Waals surface area contributed by atoms with Crippen LogP contribution in [0.15, 0.2) is 12.2 Å². The quantitative estimate of drug-likeness (QED) is 0.449. The molecule has 45 valence electrons. The number of allylic oxidation sites excluding steroid dienone is 2. The molecular formula is C6H10OY-2. The van der Waals surface area contributed by atoms with Gasteiger partial charge in [0, 0.05) is 32.7 Å². The first-order valence-electron chi connectivity index (χ1n) is 2.23. The maximum Gasteiger partial charge on any atom is 0 e. The summed E-state index contributed by atoms with van der Waals surface area (Å²) in [6.07, 6.45) is 4.11. The van der Waals surface area contributed by atoms with Crippen LogP contribution < -0.4 is 0 Å². The summed E-state index contributed by atoms with van der Waals surface area (Å²) in [5.41, 5.74) is 0.